The van der Waals surface area contributed by atoms with E-state index in [2.05, 4.69) is 15.9 Å². The van der Waals surface area contributed by atoms with Gasteiger partial charge in [-0.15, -0.1) is 11.3 Å². The first kappa shape index (κ1) is 9.96. The van der Waals surface area contributed by atoms with Crippen molar-refractivity contribution < 1.29 is 9.90 Å². The first-order valence-corrected chi connectivity index (χ1v) is 5.68. The highest BCUT2D eigenvalue weighted by Crippen LogP contribution is 2.34. The second kappa shape index (κ2) is 3.53. The number of carboxylic acid groups (broad SMARTS) is 1. The van der Waals surface area contributed by atoms with Crippen LogP contribution < -0.4 is 0 Å². The second-order valence-corrected chi connectivity index (χ2v) is 5.09. The third kappa shape index (κ3) is 1.65. The summed E-state index contributed by atoms with van der Waals surface area (Å²) in [6.45, 7) is 0. The van der Waals surface area contributed by atoms with E-state index in [0.29, 0.717) is 9.90 Å². The molecule has 5 heteroatoms. The van der Waals surface area contributed by atoms with Crippen LogP contribution >= 0.6 is 38.9 Å². The third-order valence-corrected chi connectivity index (χ3v) is 3.71. The Morgan fingerprint density at radius 3 is 2.79 bits per heavy atom. The van der Waals surface area contributed by atoms with E-state index in [1.807, 2.05) is 0 Å². The summed E-state index contributed by atoms with van der Waals surface area (Å²) in [4.78, 5) is 11.1. The fraction of sp³-hybridized carbons (Fsp3) is 0. The van der Waals surface area contributed by atoms with Crippen LogP contribution in [0, 0.1) is 0 Å². The summed E-state index contributed by atoms with van der Waals surface area (Å²) in [7, 11) is 0. The van der Waals surface area contributed by atoms with Gasteiger partial charge in [-0.3, -0.25) is 0 Å². The number of carbonyl (C=O) groups is 1. The summed E-state index contributed by atoms with van der Waals surface area (Å²) in [6, 6.07) is 5.16. The highest BCUT2D eigenvalue weighted by Gasteiger charge is 2.10. The van der Waals surface area contributed by atoms with E-state index in [0.717, 1.165) is 14.6 Å². The molecule has 1 N–H and O–H groups in total. The van der Waals surface area contributed by atoms with Crippen LogP contribution in [0.3, 0.4) is 0 Å². The molecule has 0 saturated carbocycles. The summed E-state index contributed by atoms with van der Waals surface area (Å²) >= 11 is 10.4. The standard InChI is InChI=1S/C9H4BrClO2S/c10-6-1-4(11)2-7-5(6)3-8(14-7)9(12)13/h1-3H,(H,12,13). The van der Waals surface area contributed by atoms with Gasteiger partial charge in [0.25, 0.3) is 0 Å². The topological polar surface area (TPSA) is 37.3 Å². The van der Waals surface area contributed by atoms with Crippen molar-refractivity contribution in [2.24, 2.45) is 0 Å². The number of fused-ring (bicyclic) bond motifs is 1. The lowest BCUT2D eigenvalue weighted by Crippen LogP contribution is -1.89. The Labute approximate surface area is 97.2 Å². The lowest BCUT2D eigenvalue weighted by Gasteiger charge is -1.94. The van der Waals surface area contributed by atoms with Crippen LogP contribution in [0.1, 0.15) is 9.67 Å². The molecule has 2 rings (SSSR count). The average Bonchev–Trinajstić information content (AvgIpc) is 2.47. The first-order valence-electron chi connectivity index (χ1n) is 3.70. The molecule has 0 atom stereocenters. The van der Waals surface area contributed by atoms with Crippen LogP contribution in [0.5, 0.6) is 0 Å². The predicted octanol–water partition coefficient (Wildman–Crippen LogP) is 4.02. The summed E-state index contributed by atoms with van der Waals surface area (Å²) in [5, 5.41) is 10.3. The molecular formula is C9H4BrClO2S. The van der Waals surface area contributed by atoms with E-state index in [-0.39, 0.29) is 0 Å². The number of rotatable bonds is 1. The molecule has 2 aromatic rings. The van der Waals surface area contributed by atoms with Crippen molar-refractivity contribution in [1.29, 1.82) is 0 Å². The number of aromatic carboxylic acids is 1. The second-order valence-electron chi connectivity index (χ2n) is 2.72. The monoisotopic (exact) mass is 290 g/mol. The van der Waals surface area contributed by atoms with Crippen LogP contribution in [0.4, 0.5) is 0 Å². The number of hydrogen-bond acceptors (Lipinski definition) is 2. The Hall–Kier alpha value is -0.580. The van der Waals surface area contributed by atoms with E-state index >= 15 is 0 Å². The van der Waals surface area contributed by atoms with Crippen molar-refractivity contribution >= 4 is 54.9 Å². The van der Waals surface area contributed by atoms with Crippen molar-refractivity contribution in [1.82, 2.24) is 0 Å². The lowest BCUT2D eigenvalue weighted by atomic mass is 10.2. The molecule has 0 unspecified atom stereocenters. The van der Waals surface area contributed by atoms with Crippen molar-refractivity contribution in [3.8, 4) is 0 Å². The Morgan fingerprint density at radius 1 is 1.43 bits per heavy atom. The van der Waals surface area contributed by atoms with Gasteiger partial charge in [0.1, 0.15) is 4.88 Å². The molecule has 0 radical (unpaired) electrons. The zero-order chi connectivity index (χ0) is 10.3. The van der Waals surface area contributed by atoms with Crippen molar-refractivity contribution in [2.45, 2.75) is 0 Å². The largest absolute Gasteiger partial charge is 0.477 e. The van der Waals surface area contributed by atoms with Gasteiger partial charge in [-0.2, -0.15) is 0 Å². The SMILES string of the molecule is O=C(O)c1cc2c(Br)cc(Cl)cc2s1. The highest BCUT2D eigenvalue weighted by atomic mass is 79.9. The molecule has 1 heterocycles. The maximum Gasteiger partial charge on any atom is 0.345 e. The average molecular weight is 292 g/mol. The van der Waals surface area contributed by atoms with Gasteiger partial charge in [0, 0.05) is 19.6 Å². The number of benzene rings is 1. The first-order chi connectivity index (χ1) is 6.58. The predicted molar refractivity (Wildman–Crippen MR) is 61.5 cm³/mol. The van der Waals surface area contributed by atoms with Gasteiger partial charge in [-0.25, -0.2) is 4.79 Å². The molecule has 14 heavy (non-hydrogen) atoms. The molecule has 1 aromatic heterocycles. The van der Waals surface area contributed by atoms with Gasteiger partial charge in [0.05, 0.1) is 0 Å². The zero-order valence-corrected chi connectivity index (χ0v) is 9.91. The molecule has 0 aliphatic carbocycles. The van der Waals surface area contributed by atoms with Gasteiger partial charge >= 0.3 is 5.97 Å². The molecule has 0 aliphatic heterocycles. The van der Waals surface area contributed by atoms with E-state index in [1.165, 1.54) is 11.3 Å². The van der Waals surface area contributed by atoms with Crippen LogP contribution in [0.25, 0.3) is 10.1 Å². The fourth-order valence-corrected chi connectivity index (χ4v) is 3.26. The van der Waals surface area contributed by atoms with Gasteiger partial charge in [-0.05, 0) is 18.2 Å². The minimum atomic E-state index is -0.908. The van der Waals surface area contributed by atoms with Crippen LogP contribution in [-0.2, 0) is 0 Å². The van der Waals surface area contributed by atoms with Gasteiger partial charge in [-0.1, -0.05) is 27.5 Å². The third-order valence-electron chi connectivity index (χ3n) is 1.76. The fourth-order valence-electron chi connectivity index (χ4n) is 1.17. The summed E-state index contributed by atoms with van der Waals surface area (Å²) in [6.07, 6.45) is 0. The highest BCUT2D eigenvalue weighted by molar-refractivity contribution is 9.10. The van der Waals surface area contributed by atoms with Crippen LogP contribution in [-0.4, -0.2) is 11.1 Å². The molecule has 0 amide bonds. The van der Waals surface area contributed by atoms with Crippen LogP contribution in [0.15, 0.2) is 22.7 Å². The maximum absolute atomic E-state index is 10.7. The molecule has 1 aromatic carbocycles. The number of halogens is 2. The zero-order valence-electron chi connectivity index (χ0n) is 6.75. The maximum atomic E-state index is 10.7. The molecule has 0 spiro atoms. The van der Waals surface area contributed by atoms with Gasteiger partial charge < -0.3 is 5.11 Å². The van der Waals surface area contributed by atoms with Crippen molar-refractivity contribution in [2.75, 3.05) is 0 Å². The lowest BCUT2D eigenvalue weighted by molar-refractivity contribution is 0.0702. The van der Waals surface area contributed by atoms with Crippen molar-refractivity contribution in [3.05, 3.63) is 32.6 Å². The number of carboxylic acids is 1. The van der Waals surface area contributed by atoms with E-state index in [4.69, 9.17) is 16.7 Å². The Balaban J connectivity index is 2.76. The Morgan fingerprint density at radius 2 is 2.14 bits per heavy atom. The molecule has 0 fully saturated rings. The number of thiophene rings is 1. The normalized spacial score (nSPS) is 10.7. The Kier molecular flexibility index (Phi) is 2.51. The Bertz CT molecular complexity index is 521. The summed E-state index contributed by atoms with van der Waals surface area (Å²) < 4.78 is 1.70. The minimum absolute atomic E-state index is 0.322. The van der Waals surface area contributed by atoms with E-state index in [1.54, 1.807) is 18.2 Å². The molecule has 72 valence electrons. The molecular weight excluding hydrogens is 288 g/mol. The van der Waals surface area contributed by atoms with E-state index in [9.17, 15) is 4.79 Å². The molecule has 0 saturated heterocycles. The minimum Gasteiger partial charge on any atom is -0.477 e. The molecule has 0 aliphatic rings. The summed E-state index contributed by atoms with van der Waals surface area (Å²) in [5.74, 6) is -0.908. The van der Waals surface area contributed by atoms with Gasteiger partial charge in [0.2, 0.25) is 0 Å². The smallest absolute Gasteiger partial charge is 0.345 e. The van der Waals surface area contributed by atoms with Gasteiger partial charge in [0.15, 0.2) is 0 Å². The summed E-state index contributed by atoms with van der Waals surface area (Å²) in [5.41, 5.74) is 0. The van der Waals surface area contributed by atoms with Crippen molar-refractivity contribution in [3.63, 3.8) is 0 Å². The number of hydrogen-bond donors (Lipinski definition) is 1. The molecule has 0 bridgehead atoms. The quantitative estimate of drug-likeness (QED) is 0.862. The van der Waals surface area contributed by atoms with Crippen LogP contribution in [0.2, 0.25) is 5.02 Å². The van der Waals surface area contributed by atoms with E-state index < -0.39 is 5.97 Å². The molecule has 2 nitrogen and oxygen atoms in total.